The van der Waals surface area contributed by atoms with Crippen molar-refractivity contribution in [2.24, 2.45) is 0 Å². The van der Waals surface area contributed by atoms with Crippen LogP contribution in [0.15, 0.2) is 71.6 Å². The summed E-state index contributed by atoms with van der Waals surface area (Å²) in [5.41, 5.74) is 0.945. The van der Waals surface area contributed by atoms with E-state index in [1.54, 1.807) is 24.3 Å². The van der Waals surface area contributed by atoms with Crippen LogP contribution in [0.25, 0.3) is 11.0 Å². The minimum absolute atomic E-state index is 0.0676. The number of phenols is 2. The Morgan fingerprint density at radius 3 is 2.22 bits per heavy atom. The fourth-order valence-corrected chi connectivity index (χ4v) is 4.41. The molecule has 3 N–H and O–H groups in total. The number of aromatic hydroxyl groups is 2. The normalized spacial score (nSPS) is 11.4. The van der Waals surface area contributed by atoms with Gasteiger partial charge in [-0.2, -0.15) is 0 Å². The number of rotatable bonds is 6. The maximum Gasteiger partial charge on any atom is 0.270 e. The first-order valence-corrected chi connectivity index (χ1v) is 10.9. The molecule has 0 spiro atoms. The number of nitrogens with one attached hydrogen (secondary N) is 1. The van der Waals surface area contributed by atoms with Crippen LogP contribution in [0.1, 0.15) is 5.69 Å². The maximum atomic E-state index is 13.0. The molecule has 162 valence electrons. The van der Waals surface area contributed by atoms with Crippen LogP contribution in [-0.4, -0.2) is 33.5 Å². The average molecular weight is 452 g/mol. The number of non-ortho nitro benzene ring substituents is 1. The number of aromatic nitrogens is 2. The van der Waals surface area contributed by atoms with Crippen LogP contribution < -0.4 is 5.32 Å². The molecule has 0 saturated carbocycles. The number of fused-ring (bicyclic) bond motifs is 1. The fourth-order valence-electron chi connectivity index (χ4n) is 3.10. The van der Waals surface area contributed by atoms with Gasteiger partial charge in [-0.3, -0.25) is 10.1 Å². The lowest BCUT2D eigenvalue weighted by atomic mass is 10.2. The molecule has 0 fully saturated rings. The van der Waals surface area contributed by atoms with Gasteiger partial charge in [0.15, 0.2) is 15.7 Å². The molecule has 0 amide bonds. The summed E-state index contributed by atoms with van der Waals surface area (Å²) in [4.78, 5) is 19.0. The van der Waals surface area contributed by atoms with E-state index in [0.717, 1.165) is 12.1 Å². The summed E-state index contributed by atoms with van der Waals surface area (Å²) in [7, 11) is -4.01. The Morgan fingerprint density at radius 1 is 0.906 bits per heavy atom. The molecule has 1 heterocycles. The molecule has 0 unspecified atom stereocenters. The van der Waals surface area contributed by atoms with Crippen LogP contribution in [0.3, 0.4) is 0 Å². The Kier molecular flexibility index (Phi) is 5.33. The van der Waals surface area contributed by atoms with Gasteiger partial charge in [-0.15, -0.1) is 0 Å². The lowest BCUT2D eigenvalue weighted by Gasteiger charge is -2.13. The maximum absolute atomic E-state index is 13.0. The topological polar surface area (TPSA) is 156 Å². The number of hydrogen-bond donors (Lipinski definition) is 3. The molecule has 0 bridgehead atoms. The molecule has 0 aliphatic carbocycles. The monoisotopic (exact) mass is 452 g/mol. The highest BCUT2D eigenvalue weighted by atomic mass is 32.2. The summed E-state index contributed by atoms with van der Waals surface area (Å²) >= 11 is 0. The predicted octanol–water partition coefficient (Wildman–Crippen LogP) is 3.67. The number of benzene rings is 3. The summed E-state index contributed by atoms with van der Waals surface area (Å²) in [5, 5.41) is 33.4. The van der Waals surface area contributed by atoms with E-state index in [1.807, 2.05) is 0 Å². The van der Waals surface area contributed by atoms with Gasteiger partial charge < -0.3 is 15.5 Å². The molecule has 4 rings (SSSR count). The molecule has 0 atom stereocenters. The Morgan fingerprint density at radius 2 is 1.56 bits per heavy atom. The number of hydrogen-bond acceptors (Lipinski definition) is 9. The number of anilines is 2. The number of sulfone groups is 1. The van der Waals surface area contributed by atoms with Crippen LogP contribution in [0.5, 0.6) is 11.5 Å². The second kappa shape index (κ2) is 8.12. The Hall–Kier alpha value is -4.25. The summed E-state index contributed by atoms with van der Waals surface area (Å²) in [6.07, 6.45) is 0. The second-order valence-corrected chi connectivity index (χ2v) is 8.87. The van der Waals surface area contributed by atoms with E-state index in [0.29, 0.717) is 11.0 Å². The number of nitrogens with zero attached hydrogens (tertiary/aromatic N) is 3. The lowest BCUT2D eigenvalue weighted by Crippen LogP contribution is -2.10. The van der Waals surface area contributed by atoms with E-state index in [4.69, 9.17) is 0 Å². The van der Waals surface area contributed by atoms with Crippen molar-refractivity contribution in [3.8, 4) is 11.5 Å². The molecule has 10 nitrogen and oxygen atoms in total. The van der Waals surface area contributed by atoms with E-state index < -0.39 is 20.5 Å². The van der Waals surface area contributed by atoms with Crippen molar-refractivity contribution >= 4 is 38.1 Å². The zero-order valence-electron chi connectivity index (χ0n) is 16.3. The summed E-state index contributed by atoms with van der Waals surface area (Å²) < 4.78 is 26.1. The standard InChI is InChI=1S/C21H16N4O6S/c26-15-8-13(9-16(27)11-15)22-21-20(23-18-6-1-2-7-19(18)24-21)12-32(30,31)17-5-3-4-14(10-17)25(28)29/h1-11,26-27H,12H2,(H,22,24). The molecule has 0 aliphatic heterocycles. The number of nitro benzene ring substituents is 1. The molecule has 3 aromatic carbocycles. The van der Waals surface area contributed by atoms with Crippen molar-refractivity contribution in [1.29, 1.82) is 0 Å². The van der Waals surface area contributed by atoms with Crippen molar-refractivity contribution in [2.45, 2.75) is 10.6 Å². The van der Waals surface area contributed by atoms with E-state index in [9.17, 15) is 28.7 Å². The third kappa shape index (κ3) is 4.42. The molecule has 4 aromatic rings. The molecular formula is C21H16N4O6S. The first kappa shape index (κ1) is 21.0. The van der Waals surface area contributed by atoms with Crippen molar-refractivity contribution in [3.63, 3.8) is 0 Å². The van der Waals surface area contributed by atoms with Crippen molar-refractivity contribution in [2.75, 3.05) is 5.32 Å². The van der Waals surface area contributed by atoms with Gasteiger partial charge in [0.2, 0.25) is 0 Å². The fraction of sp³-hybridized carbons (Fsp3) is 0.0476. The third-order valence-corrected chi connectivity index (χ3v) is 6.15. The van der Waals surface area contributed by atoms with E-state index >= 15 is 0 Å². The van der Waals surface area contributed by atoms with Gasteiger partial charge in [0.25, 0.3) is 5.69 Å². The highest BCUT2D eigenvalue weighted by Crippen LogP contribution is 2.29. The Balaban J connectivity index is 1.79. The van der Waals surface area contributed by atoms with Gasteiger partial charge in [0, 0.05) is 36.0 Å². The molecule has 0 radical (unpaired) electrons. The van der Waals surface area contributed by atoms with E-state index in [1.165, 1.54) is 30.3 Å². The van der Waals surface area contributed by atoms with Crippen LogP contribution in [0.4, 0.5) is 17.2 Å². The summed E-state index contributed by atoms with van der Waals surface area (Å²) in [5.74, 6) is -0.888. The highest BCUT2D eigenvalue weighted by molar-refractivity contribution is 7.90. The summed E-state index contributed by atoms with van der Waals surface area (Å²) in [6, 6.07) is 15.4. The van der Waals surface area contributed by atoms with E-state index in [2.05, 4.69) is 15.3 Å². The summed E-state index contributed by atoms with van der Waals surface area (Å²) in [6.45, 7) is 0. The Labute approximate surface area is 181 Å². The zero-order chi connectivity index (χ0) is 22.9. The SMILES string of the molecule is O=[N+]([O-])c1cccc(S(=O)(=O)Cc2nc3ccccc3nc2Nc2cc(O)cc(O)c2)c1. The lowest BCUT2D eigenvalue weighted by molar-refractivity contribution is -0.385. The molecule has 32 heavy (non-hydrogen) atoms. The van der Waals surface area contributed by atoms with Gasteiger partial charge in [-0.1, -0.05) is 18.2 Å². The Bertz CT molecular complexity index is 1440. The largest absolute Gasteiger partial charge is 0.508 e. The van der Waals surface area contributed by atoms with Crippen LogP contribution >= 0.6 is 0 Å². The van der Waals surface area contributed by atoms with Crippen molar-refractivity contribution < 1.29 is 23.6 Å². The van der Waals surface area contributed by atoms with E-state index in [-0.39, 0.29) is 39.3 Å². The van der Waals surface area contributed by atoms with Crippen LogP contribution in [-0.2, 0) is 15.6 Å². The van der Waals surface area contributed by atoms with Gasteiger partial charge in [-0.25, -0.2) is 18.4 Å². The highest BCUT2D eigenvalue weighted by Gasteiger charge is 2.22. The minimum Gasteiger partial charge on any atom is -0.508 e. The molecule has 0 saturated heterocycles. The van der Waals surface area contributed by atoms with Gasteiger partial charge in [-0.05, 0) is 18.2 Å². The van der Waals surface area contributed by atoms with Gasteiger partial charge >= 0.3 is 0 Å². The minimum atomic E-state index is -4.01. The first-order chi connectivity index (χ1) is 15.2. The molecular weight excluding hydrogens is 436 g/mol. The first-order valence-electron chi connectivity index (χ1n) is 9.24. The number of para-hydroxylation sites is 2. The second-order valence-electron chi connectivity index (χ2n) is 6.88. The van der Waals surface area contributed by atoms with Crippen molar-refractivity contribution in [1.82, 2.24) is 9.97 Å². The number of phenolic OH excluding ortho intramolecular Hbond substituents is 2. The van der Waals surface area contributed by atoms with Gasteiger partial charge in [0.1, 0.15) is 17.3 Å². The average Bonchev–Trinajstić information content (AvgIpc) is 2.73. The van der Waals surface area contributed by atoms with Gasteiger partial charge in [0.05, 0.1) is 26.5 Å². The zero-order valence-corrected chi connectivity index (χ0v) is 17.2. The molecule has 11 heteroatoms. The smallest absolute Gasteiger partial charge is 0.270 e. The van der Waals surface area contributed by atoms with Crippen LogP contribution in [0.2, 0.25) is 0 Å². The molecule has 1 aromatic heterocycles. The number of nitro groups is 1. The molecule has 0 aliphatic rings. The quantitative estimate of drug-likeness (QED) is 0.293. The van der Waals surface area contributed by atoms with Crippen LogP contribution in [0, 0.1) is 10.1 Å². The van der Waals surface area contributed by atoms with Crippen molar-refractivity contribution in [3.05, 3.63) is 82.5 Å². The predicted molar refractivity (Wildman–Crippen MR) is 117 cm³/mol. The third-order valence-electron chi connectivity index (χ3n) is 4.52.